The van der Waals surface area contributed by atoms with Crippen molar-refractivity contribution in [1.82, 2.24) is 24.3 Å². The maximum Gasteiger partial charge on any atom is 0.293 e. The summed E-state index contributed by atoms with van der Waals surface area (Å²) in [5, 5.41) is 2.73. The zero-order valence-electron chi connectivity index (χ0n) is 18.3. The quantitative estimate of drug-likeness (QED) is 0.499. The number of nitrogens with one attached hydrogen (secondary N) is 1. The van der Waals surface area contributed by atoms with Crippen molar-refractivity contribution in [2.45, 2.75) is 20.4 Å². The van der Waals surface area contributed by atoms with Crippen LogP contribution in [-0.2, 0) is 11.3 Å². The van der Waals surface area contributed by atoms with E-state index in [0.29, 0.717) is 28.7 Å². The van der Waals surface area contributed by atoms with Gasteiger partial charge in [-0.25, -0.2) is 19.3 Å². The second-order valence-corrected chi connectivity index (χ2v) is 7.98. The number of hydrogen-bond donors (Lipinski definition) is 1. The highest BCUT2D eigenvalue weighted by Gasteiger charge is 2.18. The Labute approximate surface area is 189 Å². The average Bonchev–Trinajstić information content (AvgIpc) is 3.37. The number of carbonyl (C=O) groups excluding carboxylic acids is 1. The van der Waals surface area contributed by atoms with E-state index in [1.807, 2.05) is 6.20 Å². The van der Waals surface area contributed by atoms with Gasteiger partial charge in [-0.3, -0.25) is 14.1 Å². The van der Waals surface area contributed by atoms with Crippen molar-refractivity contribution in [2.24, 2.45) is 0 Å². The number of aryl methyl sites for hydroxylation is 2. The third-order valence-corrected chi connectivity index (χ3v) is 5.48. The molecule has 1 saturated heterocycles. The van der Waals surface area contributed by atoms with E-state index in [1.54, 1.807) is 36.7 Å². The van der Waals surface area contributed by atoms with Gasteiger partial charge in [-0.2, -0.15) is 0 Å². The highest BCUT2D eigenvalue weighted by molar-refractivity contribution is 6.03. The van der Waals surface area contributed by atoms with Crippen molar-refractivity contribution >= 4 is 17.4 Å². The number of fused-ring (bicyclic) bond motifs is 1. The van der Waals surface area contributed by atoms with Gasteiger partial charge in [0.15, 0.2) is 5.89 Å². The summed E-state index contributed by atoms with van der Waals surface area (Å²) in [7, 11) is 0. The third kappa shape index (κ3) is 4.48. The van der Waals surface area contributed by atoms with Crippen molar-refractivity contribution in [3.05, 3.63) is 65.5 Å². The molecular formula is C23H23FN6O3. The maximum absolute atomic E-state index is 14.7. The number of aromatic nitrogens is 4. The fourth-order valence-electron chi connectivity index (χ4n) is 3.89. The Morgan fingerprint density at radius 1 is 1.18 bits per heavy atom. The predicted octanol–water partition coefficient (Wildman–Crippen LogP) is 3.22. The van der Waals surface area contributed by atoms with Crippen LogP contribution >= 0.6 is 0 Å². The van der Waals surface area contributed by atoms with Crippen LogP contribution in [0.15, 0.2) is 41.2 Å². The van der Waals surface area contributed by atoms with Gasteiger partial charge in [0.25, 0.3) is 5.91 Å². The highest BCUT2D eigenvalue weighted by Crippen LogP contribution is 2.26. The molecule has 0 spiro atoms. The van der Waals surface area contributed by atoms with Gasteiger partial charge in [0.05, 0.1) is 24.6 Å². The molecule has 9 nitrogen and oxygen atoms in total. The molecule has 1 aliphatic heterocycles. The van der Waals surface area contributed by atoms with Gasteiger partial charge in [-0.1, -0.05) is 0 Å². The van der Waals surface area contributed by atoms with E-state index in [1.165, 1.54) is 12.1 Å². The smallest absolute Gasteiger partial charge is 0.293 e. The minimum absolute atomic E-state index is 0.128. The zero-order valence-corrected chi connectivity index (χ0v) is 18.3. The fourth-order valence-corrected chi connectivity index (χ4v) is 3.89. The fraction of sp³-hybridized carbons (Fsp3) is 0.304. The minimum atomic E-state index is -0.449. The van der Waals surface area contributed by atoms with Gasteiger partial charge in [0, 0.05) is 62.0 Å². The first-order valence-electron chi connectivity index (χ1n) is 10.7. The molecule has 170 valence electrons. The Bertz CT molecular complexity index is 1330. The number of rotatable bonds is 5. The molecule has 0 unspecified atom stereocenters. The number of ether oxygens (including phenoxy) is 1. The average molecular weight is 450 g/mol. The van der Waals surface area contributed by atoms with Gasteiger partial charge in [-0.05, 0) is 25.1 Å². The maximum atomic E-state index is 14.7. The first kappa shape index (κ1) is 21.2. The van der Waals surface area contributed by atoms with Gasteiger partial charge >= 0.3 is 0 Å². The second-order valence-electron chi connectivity index (χ2n) is 7.98. The van der Waals surface area contributed by atoms with E-state index in [4.69, 9.17) is 9.15 Å². The van der Waals surface area contributed by atoms with E-state index in [9.17, 15) is 9.18 Å². The number of oxazole rings is 1. The van der Waals surface area contributed by atoms with Crippen molar-refractivity contribution in [3.63, 3.8) is 0 Å². The first-order valence-corrected chi connectivity index (χ1v) is 10.7. The molecule has 4 aromatic rings. The molecule has 0 aliphatic carbocycles. The summed E-state index contributed by atoms with van der Waals surface area (Å²) < 4.78 is 27.2. The number of halogens is 1. The number of anilines is 1. The summed E-state index contributed by atoms with van der Waals surface area (Å²) in [6.07, 6.45) is 5.47. The Hall–Kier alpha value is -3.63. The van der Waals surface area contributed by atoms with E-state index in [-0.39, 0.29) is 11.3 Å². The lowest BCUT2D eigenvalue weighted by Crippen LogP contribution is -2.35. The van der Waals surface area contributed by atoms with Gasteiger partial charge in [0.1, 0.15) is 5.82 Å². The van der Waals surface area contributed by atoms with E-state index < -0.39 is 11.7 Å². The summed E-state index contributed by atoms with van der Waals surface area (Å²) in [4.78, 5) is 27.8. The summed E-state index contributed by atoms with van der Waals surface area (Å²) in [6.45, 7) is 7.34. The summed E-state index contributed by atoms with van der Waals surface area (Å²) >= 11 is 0. The van der Waals surface area contributed by atoms with Crippen LogP contribution in [0.2, 0.25) is 0 Å². The molecule has 1 N–H and O–H groups in total. The Morgan fingerprint density at radius 2 is 2.00 bits per heavy atom. The first-order chi connectivity index (χ1) is 16.0. The molecule has 0 atom stereocenters. The molecule has 1 aromatic carbocycles. The largest absolute Gasteiger partial charge is 0.436 e. The molecule has 10 heteroatoms. The molecular weight excluding hydrogens is 427 g/mol. The number of benzene rings is 1. The molecule has 0 radical (unpaired) electrons. The lowest BCUT2D eigenvalue weighted by atomic mass is 10.1. The normalized spacial score (nSPS) is 14.6. The molecule has 4 heterocycles. The second kappa shape index (κ2) is 8.72. The standard InChI is InChI=1S/C23H23FN6O3/c1-14-21(33-15(2)26-14)22(31)27-17-3-4-19(24)18(9-17)20-13-30-12-16(10-25-23(30)28-20)11-29-5-7-32-8-6-29/h3-4,9-10,12-13H,5-8,11H2,1-2H3,(H,27,31). The Kier molecular flexibility index (Phi) is 5.61. The zero-order chi connectivity index (χ0) is 22.9. The number of morpholine rings is 1. The van der Waals surface area contributed by atoms with Crippen LogP contribution in [0.4, 0.5) is 10.1 Å². The van der Waals surface area contributed by atoms with E-state index in [0.717, 1.165) is 38.4 Å². The number of hydrogen-bond acceptors (Lipinski definition) is 7. The van der Waals surface area contributed by atoms with Crippen molar-refractivity contribution in [3.8, 4) is 11.3 Å². The van der Waals surface area contributed by atoms with Gasteiger partial charge < -0.3 is 14.5 Å². The molecule has 1 amide bonds. The highest BCUT2D eigenvalue weighted by atomic mass is 19.1. The van der Waals surface area contributed by atoms with Gasteiger partial charge in [0.2, 0.25) is 11.5 Å². The van der Waals surface area contributed by atoms with E-state index >= 15 is 0 Å². The summed E-state index contributed by atoms with van der Waals surface area (Å²) in [5.41, 5.74) is 2.63. The molecule has 1 fully saturated rings. The number of nitrogens with zero attached hydrogens (tertiary/aromatic N) is 5. The summed E-state index contributed by atoms with van der Waals surface area (Å²) in [5.74, 6) is 0.106. The van der Waals surface area contributed by atoms with E-state index in [2.05, 4.69) is 25.2 Å². The number of carbonyl (C=O) groups is 1. The van der Waals surface area contributed by atoms with Crippen LogP contribution in [0.1, 0.15) is 27.7 Å². The Morgan fingerprint density at radius 3 is 2.76 bits per heavy atom. The number of amides is 1. The molecule has 5 rings (SSSR count). The lowest BCUT2D eigenvalue weighted by molar-refractivity contribution is 0.0341. The van der Waals surface area contributed by atoms with Crippen LogP contribution in [-0.4, -0.2) is 56.5 Å². The molecule has 0 saturated carbocycles. The summed E-state index contributed by atoms with van der Waals surface area (Å²) in [6, 6.07) is 4.33. The van der Waals surface area contributed by atoms with Crippen molar-refractivity contribution in [2.75, 3.05) is 31.6 Å². The minimum Gasteiger partial charge on any atom is -0.436 e. The predicted molar refractivity (Wildman–Crippen MR) is 118 cm³/mol. The van der Waals surface area contributed by atoms with Crippen LogP contribution < -0.4 is 5.32 Å². The number of imidazole rings is 1. The lowest BCUT2D eigenvalue weighted by Gasteiger charge is -2.26. The Balaban J connectivity index is 1.39. The van der Waals surface area contributed by atoms with Crippen molar-refractivity contribution in [1.29, 1.82) is 0 Å². The van der Waals surface area contributed by atoms with Crippen LogP contribution in [0, 0.1) is 19.7 Å². The van der Waals surface area contributed by atoms with Crippen molar-refractivity contribution < 1.29 is 18.3 Å². The molecule has 3 aromatic heterocycles. The van der Waals surface area contributed by atoms with Gasteiger partial charge in [-0.15, -0.1) is 0 Å². The molecule has 0 bridgehead atoms. The SMILES string of the molecule is Cc1nc(C)c(C(=O)Nc2ccc(F)c(-c3cn4cc(CN5CCOCC5)cnc4n3)c2)o1. The third-order valence-electron chi connectivity index (χ3n) is 5.48. The van der Waals surface area contributed by atoms with Crippen LogP contribution in [0.3, 0.4) is 0 Å². The van der Waals surface area contributed by atoms with Crippen LogP contribution in [0.25, 0.3) is 17.0 Å². The molecule has 1 aliphatic rings. The van der Waals surface area contributed by atoms with Crippen LogP contribution in [0.5, 0.6) is 0 Å². The monoisotopic (exact) mass is 450 g/mol. The topological polar surface area (TPSA) is 97.8 Å². The molecule has 33 heavy (non-hydrogen) atoms.